The van der Waals surface area contributed by atoms with Crippen molar-refractivity contribution in [2.45, 2.75) is 26.0 Å². The molecule has 3 atom stereocenters. The lowest BCUT2D eigenvalue weighted by molar-refractivity contribution is -0.148. The number of carbonyl (C=O) groups excluding carboxylic acids is 1. The molecule has 1 aromatic carbocycles. The first-order chi connectivity index (χ1) is 9.63. The molecular weight excluding hydrogens is 288 g/mol. The van der Waals surface area contributed by atoms with Crippen molar-refractivity contribution in [3.8, 4) is 0 Å². The molecule has 118 valence electrons. The highest BCUT2D eigenvalue weighted by atomic mass is 35.5. The molecule has 3 unspecified atom stereocenters. The van der Waals surface area contributed by atoms with Crippen molar-refractivity contribution in [2.24, 2.45) is 5.92 Å². The Kier molecular flexibility index (Phi) is 7.15. The van der Waals surface area contributed by atoms with Gasteiger partial charge in [0.2, 0.25) is 5.91 Å². The van der Waals surface area contributed by atoms with Crippen LogP contribution in [-0.2, 0) is 9.53 Å². The number of benzene rings is 1. The van der Waals surface area contributed by atoms with E-state index in [1.807, 2.05) is 44.0 Å². The maximum absolute atomic E-state index is 12.5. The van der Waals surface area contributed by atoms with Gasteiger partial charge >= 0.3 is 0 Å². The van der Waals surface area contributed by atoms with Crippen molar-refractivity contribution < 1.29 is 9.53 Å². The second kappa shape index (κ2) is 8.37. The molecule has 0 radical (unpaired) electrons. The van der Waals surface area contributed by atoms with Crippen LogP contribution in [0.25, 0.3) is 0 Å². The van der Waals surface area contributed by atoms with E-state index >= 15 is 0 Å². The Bertz CT molecular complexity index is 441. The molecule has 5 heteroatoms. The number of rotatable bonds is 4. The third-order valence-electron chi connectivity index (χ3n) is 3.82. The minimum absolute atomic E-state index is 0. The fourth-order valence-electron chi connectivity index (χ4n) is 2.61. The summed E-state index contributed by atoms with van der Waals surface area (Å²) in [6, 6.07) is 10.3. The number of carbonyl (C=O) groups is 1. The quantitative estimate of drug-likeness (QED) is 0.927. The Morgan fingerprint density at radius 2 is 2.10 bits per heavy atom. The molecule has 0 aliphatic carbocycles. The number of nitrogens with one attached hydrogen (secondary N) is 1. The normalized spacial score (nSPS) is 23.3. The molecule has 0 spiro atoms. The van der Waals surface area contributed by atoms with E-state index in [1.54, 1.807) is 0 Å². The Morgan fingerprint density at radius 3 is 2.71 bits per heavy atom. The minimum atomic E-state index is -0.0156. The summed E-state index contributed by atoms with van der Waals surface area (Å²) >= 11 is 0. The van der Waals surface area contributed by atoms with Crippen LogP contribution in [0.1, 0.15) is 25.5 Å². The average molecular weight is 313 g/mol. The van der Waals surface area contributed by atoms with Gasteiger partial charge in [0.1, 0.15) is 6.10 Å². The van der Waals surface area contributed by atoms with Crippen molar-refractivity contribution in [3.63, 3.8) is 0 Å². The van der Waals surface area contributed by atoms with Crippen LogP contribution in [0.5, 0.6) is 0 Å². The van der Waals surface area contributed by atoms with E-state index in [0.717, 1.165) is 5.56 Å². The van der Waals surface area contributed by atoms with Crippen molar-refractivity contribution in [1.29, 1.82) is 0 Å². The van der Waals surface area contributed by atoms with Gasteiger partial charge in [-0.1, -0.05) is 37.3 Å². The monoisotopic (exact) mass is 312 g/mol. The molecule has 1 aliphatic rings. The summed E-state index contributed by atoms with van der Waals surface area (Å²) in [5.41, 5.74) is 1.14. The Hall–Kier alpha value is -1.10. The minimum Gasteiger partial charge on any atom is -0.370 e. The third kappa shape index (κ3) is 4.43. The predicted molar refractivity (Wildman–Crippen MR) is 86.6 cm³/mol. The molecule has 2 rings (SSSR count). The lowest BCUT2D eigenvalue weighted by Crippen LogP contribution is -2.51. The average Bonchev–Trinajstić information content (AvgIpc) is 2.48. The highest BCUT2D eigenvalue weighted by Gasteiger charge is 2.32. The van der Waals surface area contributed by atoms with Gasteiger partial charge < -0.3 is 15.0 Å². The summed E-state index contributed by atoms with van der Waals surface area (Å²) in [4.78, 5) is 14.5. The van der Waals surface area contributed by atoms with Gasteiger partial charge in [-0.05, 0) is 19.5 Å². The number of ether oxygens (including phenoxy) is 1. The van der Waals surface area contributed by atoms with Gasteiger partial charge in [-0.3, -0.25) is 4.79 Å². The number of morpholine rings is 1. The van der Waals surface area contributed by atoms with Crippen LogP contribution in [0.4, 0.5) is 0 Å². The maximum Gasteiger partial charge on any atom is 0.227 e. The second-order valence-electron chi connectivity index (χ2n) is 5.53. The van der Waals surface area contributed by atoms with Gasteiger partial charge in [-0.25, -0.2) is 0 Å². The van der Waals surface area contributed by atoms with Gasteiger partial charge in [-0.2, -0.15) is 0 Å². The van der Waals surface area contributed by atoms with Crippen LogP contribution in [-0.4, -0.2) is 43.6 Å². The highest BCUT2D eigenvalue weighted by molar-refractivity contribution is 5.85. The summed E-state index contributed by atoms with van der Waals surface area (Å²) in [6.45, 7) is 5.96. The van der Waals surface area contributed by atoms with E-state index in [4.69, 9.17) is 4.74 Å². The Labute approximate surface area is 133 Å². The third-order valence-corrected chi connectivity index (χ3v) is 3.82. The van der Waals surface area contributed by atoms with E-state index in [-0.39, 0.29) is 36.4 Å². The lowest BCUT2D eigenvalue weighted by Gasteiger charge is -2.39. The molecule has 1 saturated heterocycles. The van der Waals surface area contributed by atoms with Crippen LogP contribution in [0, 0.1) is 5.92 Å². The molecule has 4 nitrogen and oxygen atoms in total. The van der Waals surface area contributed by atoms with Gasteiger partial charge in [-0.15, -0.1) is 12.4 Å². The maximum atomic E-state index is 12.5. The largest absolute Gasteiger partial charge is 0.370 e. The van der Waals surface area contributed by atoms with Crippen LogP contribution in [0.15, 0.2) is 30.3 Å². The predicted octanol–water partition coefficient (Wildman–Crippen LogP) is 2.25. The summed E-state index contributed by atoms with van der Waals surface area (Å²) in [7, 11) is 1.87. The molecule has 0 bridgehead atoms. The molecule has 0 saturated carbocycles. The topological polar surface area (TPSA) is 41.6 Å². The number of amides is 1. The highest BCUT2D eigenvalue weighted by Crippen LogP contribution is 2.25. The SMILES string of the molecule is CNCC(C)C(=O)N1CC(c2ccccc2)OCC1C.Cl. The number of halogens is 1. The Morgan fingerprint density at radius 1 is 1.43 bits per heavy atom. The van der Waals surface area contributed by atoms with E-state index in [0.29, 0.717) is 19.7 Å². The molecule has 0 aromatic heterocycles. The smallest absolute Gasteiger partial charge is 0.227 e. The van der Waals surface area contributed by atoms with Crippen LogP contribution < -0.4 is 5.32 Å². The number of hydrogen-bond donors (Lipinski definition) is 1. The Balaban J connectivity index is 0.00000220. The number of nitrogens with zero attached hydrogens (tertiary/aromatic N) is 1. The zero-order valence-corrected chi connectivity index (χ0v) is 13.7. The molecule has 1 aliphatic heterocycles. The summed E-state index contributed by atoms with van der Waals surface area (Å²) < 4.78 is 5.89. The van der Waals surface area contributed by atoms with Crippen LogP contribution in [0.2, 0.25) is 0 Å². The fourth-order valence-corrected chi connectivity index (χ4v) is 2.61. The lowest BCUT2D eigenvalue weighted by atomic mass is 10.0. The fraction of sp³-hybridized carbons (Fsp3) is 0.562. The van der Waals surface area contributed by atoms with E-state index in [9.17, 15) is 4.79 Å². The van der Waals surface area contributed by atoms with Crippen molar-refractivity contribution >= 4 is 18.3 Å². The van der Waals surface area contributed by atoms with Gasteiger partial charge in [0, 0.05) is 12.5 Å². The second-order valence-corrected chi connectivity index (χ2v) is 5.53. The van der Waals surface area contributed by atoms with Gasteiger partial charge in [0.05, 0.1) is 19.2 Å². The molecule has 1 fully saturated rings. The summed E-state index contributed by atoms with van der Waals surface area (Å²) in [5.74, 6) is 0.202. The zero-order valence-electron chi connectivity index (χ0n) is 12.9. The van der Waals surface area contributed by atoms with E-state index < -0.39 is 0 Å². The molecule has 1 aromatic rings. The molecule has 1 amide bonds. The van der Waals surface area contributed by atoms with Crippen LogP contribution >= 0.6 is 12.4 Å². The van der Waals surface area contributed by atoms with Crippen LogP contribution in [0.3, 0.4) is 0 Å². The number of hydrogen-bond acceptors (Lipinski definition) is 3. The van der Waals surface area contributed by atoms with E-state index in [1.165, 1.54) is 0 Å². The first kappa shape index (κ1) is 18.0. The van der Waals surface area contributed by atoms with Crippen molar-refractivity contribution in [2.75, 3.05) is 26.7 Å². The van der Waals surface area contributed by atoms with Crippen molar-refractivity contribution in [1.82, 2.24) is 10.2 Å². The summed E-state index contributed by atoms with van der Waals surface area (Å²) in [5, 5.41) is 3.07. The van der Waals surface area contributed by atoms with Crippen molar-refractivity contribution in [3.05, 3.63) is 35.9 Å². The first-order valence-corrected chi connectivity index (χ1v) is 7.25. The zero-order chi connectivity index (χ0) is 14.5. The van der Waals surface area contributed by atoms with Gasteiger partial charge in [0.15, 0.2) is 0 Å². The molecule has 1 heterocycles. The summed E-state index contributed by atoms with van der Waals surface area (Å²) in [6.07, 6.45) is -0.0156. The molecule has 21 heavy (non-hydrogen) atoms. The standard InChI is InChI=1S/C16H24N2O2.ClH/c1-12(9-17-3)16(19)18-10-15(20-11-13(18)2)14-7-5-4-6-8-14;/h4-8,12-13,15,17H,9-11H2,1-3H3;1H. The first-order valence-electron chi connectivity index (χ1n) is 7.25. The van der Waals surface area contributed by atoms with Gasteiger partial charge in [0.25, 0.3) is 0 Å². The van der Waals surface area contributed by atoms with E-state index in [2.05, 4.69) is 17.4 Å². The molecular formula is C16H25ClN2O2. The molecule has 1 N–H and O–H groups in total.